The SMILES string of the molecule is O=C(c1ccc(NC2=NS(=O)(=O)c3ccccc32)cc1)N(Cc1ccc(F)cc1)C1CC1. The Kier molecular flexibility index (Phi) is 5.01. The molecule has 0 radical (unpaired) electrons. The third-order valence-corrected chi connectivity index (χ3v) is 6.88. The van der Waals surface area contributed by atoms with Gasteiger partial charge in [-0.1, -0.05) is 24.3 Å². The fourth-order valence-corrected chi connectivity index (χ4v) is 4.91. The molecule has 1 N–H and O–H groups in total. The number of carbonyl (C=O) groups is 1. The lowest BCUT2D eigenvalue weighted by Crippen LogP contribution is -2.32. The average molecular weight is 450 g/mol. The number of hydrogen-bond acceptors (Lipinski definition) is 4. The zero-order chi connectivity index (χ0) is 22.3. The smallest absolute Gasteiger partial charge is 0.285 e. The number of anilines is 1. The second kappa shape index (κ2) is 7.87. The third kappa shape index (κ3) is 4.01. The van der Waals surface area contributed by atoms with E-state index in [9.17, 15) is 17.6 Å². The van der Waals surface area contributed by atoms with Crippen LogP contribution in [-0.2, 0) is 16.6 Å². The van der Waals surface area contributed by atoms with E-state index in [2.05, 4.69) is 9.71 Å². The summed E-state index contributed by atoms with van der Waals surface area (Å²) in [6.45, 7) is 0.426. The van der Waals surface area contributed by atoms with Crippen LogP contribution in [0.25, 0.3) is 0 Å². The van der Waals surface area contributed by atoms with Crippen molar-refractivity contribution < 1.29 is 17.6 Å². The van der Waals surface area contributed by atoms with Gasteiger partial charge in [0.05, 0.1) is 0 Å². The molecule has 5 rings (SSSR count). The number of carbonyl (C=O) groups excluding carboxylic acids is 1. The van der Waals surface area contributed by atoms with Crippen molar-refractivity contribution in [3.63, 3.8) is 0 Å². The summed E-state index contributed by atoms with van der Waals surface area (Å²) in [7, 11) is -3.70. The van der Waals surface area contributed by atoms with Crippen molar-refractivity contribution in [1.82, 2.24) is 4.90 Å². The third-order valence-electron chi connectivity index (χ3n) is 5.54. The first-order chi connectivity index (χ1) is 15.4. The molecular formula is C24H20FN3O3S. The summed E-state index contributed by atoms with van der Waals surface area (Å²) < 4.78 is 41.5. The Morgan fingerprint density at radius 3 is 2.38 bits per heavy atom. The van der Waals surface area contributed by atoms with E-state index in [0.29, 0.717) is 23.4 Å². The van der Waals surface area contributed by atoms with Crippen LogP contribution in [0.1, 0.15) is 34.3 Å². The minimum atomic E-state index is -3.70. The van der Waals surface area contributed by atoms with Crippen LogP contribution >= 0.6 is 0 Å². The average Bonchev–Trinajstić information content (AvgIpc) is 3.60. The maximum atomic E-state index is 13.2. The maximum absolute atomic E-state index is 13.2. The van der Waals surface area contributed by atoms with Gasteiger partial charge in [-0.25, -0.2) is 4.39 Å². The molecule has 0 unspecified atom stereocenters. The van der Waals surface area contributed by atoms with Crippen molar-refractivity contribution in [2.24, 2.45) is 4.40 Å². The molecule has 0 spiro atoms. The zero-order valence-corrected chi connectivity index (χ0v) is 17.8. The number of rotatable bonds is 5. The molecule has 162 valence electrons. The van der Waals surface area contributed by atoms with E-state index < -0.39 is 10.0 Å². The lowest BCUT2D eigenvalue weighted by atomic mass is 10.1. The molecule has 32 heavy (non-hydrogen) atoms. The Balaban J connectivity index is 1.33. The fraction of sp³-hybridized carbons (Fsp3) is 0.167. The summed E-state index contributed by atoms with van der Waals surface area (Å²) in [5, 5.41) is 3.04. The van der Waals surface area contributed by atoms with Crippen LogP contribution in [0.3, 0.4) is 0 Å². The number of nitrogens with one attached hydrogen (secondary N) is 1. The molecule has 1 amide bonds. The van der Waals surface area contributed by atoms with Gasteiger partial charge in [0.2, 0.25) is 0 Å². The van der Waals surface area contributed by atoms with E-state index in [0.717, 1.165) is 18.4 Å². The molecule has 6 nitrogen and oxygen atoms in total. The predicted molar refractivity (Wildman–Crippen MR) is 120 cm³/mol. The van der Waals surface area contributed by atoms with Gasteiger partial charge in [-0.2, -0.15) is 8.42 Å². The van der Waals surface area contributed by atoms with E-state index in [1.54, 1.807) is 54.6 Å². The van der Waals surface area contributed by atoms with E-state index in [-0.39, 0.29) is 28.5 Å². The highest BCUT2D eigenvalue weighted by molar-refractivity contribution is 7.90. The fourth-order valence-electron chi connectivity index (χ4n) is 3.73. The lowest BCUT2D eigenvalue weighted by Gasteiger charge is -2.23. The second-order valence-corrected chi connectivity index (χ2v) is 9.48. The Bertz CT molecular complexity index is 1320. The highest BCUT2D eigenvalue weighted by atomic mass is 32.2. The van der Waals surface area contributed by atoms with Crippen LogP contribution in [0.5, 0.6) is 0 Å². The Hall–Kier alpha value is -3.52. The number of fused-ring (bicyclic) bond motifs is 1. The highest BCUT2D eigenvalue weighted by Gasteiger charge is 2.33. The molecule has 2 aliphatic rings. The van der Waals surface area contributed by atoms with Gasteiger partial charge in [-0.05, 0) is 66.9 Å². The molecule has 0 atom stereocenters. The Morgan fingerprint density at radius 1 is 1.00 bits per heavy atom. The number of amides is 1. The standard InChI is InChI=1S/C24H20FN3O3S/c25-18-9-5-16(6-10-18)15-28(20-13-14-20)24(29)17-7-11-19(12-8-17)26-23-21-3-1-2-4-22(21)32(30,31)27-23/h1-12,20H,13-15H2,(H,26,27). The van der Waals surface area contributed by atoms with E-state index >= 15 is 0 Å². The first-order valence-corrected chi connectivity index (χ1v) is 11.7. The topological polar surface area (TPSA) is 78.8 Å². The first-order valence-electron chi connectivity index (χ1n) is 10.3. The van der Waals surface area contributed by atoms with Gasteiger partial charge in [0, 0.05) is 29.4 Å². The summed E-state index contributed by atoms with van der Waals surface area (Å²) in [5.74, 6) is -0.131. The number of nitrogens with zero attached hydrogens (tertiary/aromatic N) is 2. The predicted octanol–water partition coefficient (Wildman–Crippen LogP) is 4.19. The lowest BCUT2D eigenvalue weighted by molar-refractivity contribution is 0.0730. The van der Waals surface area contributed by atoms with Crippen molar-refractivity contribution >= 4 is 27.5 Å². The minimum absolute atomic E-state index is 0.0884. The minimum Gasteiger partial charge on any atom is -0.339 e. The number of amidine groups is 1. The monoisotopic (exact) mass is 449 g/mol. The van der Waals surface area contributed by atoms with Crippen LogP contribution in [0.2, 0.25) is 0 Å². The van der Waals surface area contributed by atoms with Crippen molar-refractivity contribution in [3.8, 4) is 0 Å². The first kappa shape index (κ1) is 20.4. The van der Waals surface area contributed by atoms with Crippen molar-refractivity contribution in [2.45, 2.75) is 30.3 Å². The van der Waals surface area contributed by atoms with E-state index in [4.69, 9.17) is 0 Å². The van der Waals surface area contributed by atoms with Gasteiger partial charge in [0.1, 0.15) is 10.7 Å². The quantitative estimate of drug-likeness (QED) is 0.634. The van der Waals surface area contributed by atoms with Crippen LogP contribution in [-0.4, -0.2) is 31.1 Å². The van der Waals surface area contributed by atoms with Gasteiger partial charge in [0.25, 0.3) is 15.9 Å². The van der Waals surface area contributed by atoms with Gasteiger partial charge < -0.3 is 10.2 Å². The number of sulfonamides is 1. The molecule has 1 aliphatic carbocycles. The van der Waals surface area contributed by atoms with Gasteiger partial charge in [-0.15, -0.1) is 4.40 Å². The van der Waals surface area contributed by atoms with Crippen molar-refractivity contribution in [3.05, 3.63) is 95.3 Å². The highest BCUT2D eigenvalue weighted by Crippen LogP contribution is 2.30. The number of halogens is 1. The molecule has 0 saturated heterocycles. The molecule has 3 aromatic rings. The second-order valence-electron chi connectivity index (χ2n) is 7.90. The van der Waals surface area contributed by atoms with Crippen LogP contribution in [0.4, 0.5) is 10.1 Å². The van der Waals surface area contributed by atoms with E-state index in [1.807, 2.05) is 4.90 Å². The molecule has 0 bridgehead atoms. The zero-order valence-electron chi connectivity index (χ0n) is 17.0. The van der Waals surface area contributed by atoms with Crippen molar-refractivity contribution in [1.29, 1.82) is 0 Å². The number of hydrogen-bond donors (Lipinski definition) is 1. The number of benzene rings is 3. The molecule has 1 aliphatic heterocycles. The molecule has 3 aromatic carbocycles. The largest absolute Gasteiger partial charge is 0.339 e. The Morgan fingerprint density at radius 2 is 1.69 bits per heavy atom. The summed E-state index contributed by atoms with van der Waals surface area (Å²) in [6.07, 6.45) is 1.92. The van der Waals surface area contributed by atoms with Crippen LogP contribution in [0, 0.1) is 5.82 Å². The van der Waals surface area contributed by atoms with Gasteiger partial charge in [-0.3, -0.25) is 4.79 Å². The maximum Gasteiger partial charge on any atom is 0.285 e. The summed E-state index contributed by atoms with van der Waals surface area (Å²) >= 11 is 0. The Labute approximate surface area is 185 Å². The summed E-state index contributed by atoms with van der Waals surface area (Å²) in [6, 6.07) is 19.9. The molecule has 1 saturated carbocycles. The van der Waals surface area contributed by atoms with Crippen LogP contribution < -0.4 is 5.32 Å². The van der Waals surface area contributed by atoms with E-state index in [1.165, 1.54) is 18.2 Å². The van der Waals surface area contributed by atoms with Gasteiger partial charge >= 0.3 is 0 Å². The summed E-state index contributed by atoms with van der Waals surface area (Å²) in [4.78, 5) is 15.1. The molecule has 1 heterocycles. The molecule has 8 heteroatoms. The van der Waals surface area contributed by atoms with Crippen molar-refractivity contribution in [2.75, 3.05) is 5.32 Å². The summed E-state index contributed by atoms with van der Waals surface area (Å²) in [5.41, 5.74) is 2.56. The van der Waals surface area contributed by atoms with Gasteiger partial charge in [0.15, 0.2) is 5.84 Å². The molecular weight excluding hydrogens is 429 g/mol. The molecule has 0 aromatic heterocycles. The van der Waals surface area contributed by atoms with Crippen LogP contribution in [0.15, 0.2) is 82.1 Å². The normalized spacial score (nSPS) is 16.2. The molecule has 1 fully saturated rings.